The van der Waals surface area contributed by atoms with Crippen LogP contribution >= 0.6 is 11.6 Å². The lowest BCUT2D eigenvalue weighted by Gasteiger charge is -2.14. The van der Waals surface area contributed by atoms with E-state index in [0.717, 1.165) is 12.3 Å². The van der Waals surface area contributed by atoms with Crippen LogP contribution < -0.4 is 15.6 Å². The smallest absolute Gasteiger partial charge is 0.415 e. The highest BCUT2D eigenvalue weighted by atomic mass is 35.5. The van der Waals surface area contributed by atoms with Gasteiger partial charge in [-0.3, -0.25) is 9.59 Å². The van der Waals surface area contributed by atoms with Crippen LogP contribution in [0.5, 0.6) is 5.88 Å². The van der Waals surface area contributed by atoms with Gasteiger partial charge in [0.25, 0.3) is 11.5 Å². The summed E-state index contributed by atoms with van der Waals surface area (Å²) in [5, 5.41) is 5.81. The Hall–Kier alpha value is -4.00. The second-order valence-corrected chi connectivity index (χ2v) is 7.11. The van der Waals surface area contributed by atoms with Gasteiger partial charge in [-0.25, -0.2) is 9.67 Å². The molecule has 34 heavy (non-hydrogen) atoms. The predicted molar refractivity (Wildman–Crippen MR) is 111 cm³/mol. The summed E-state index contributed by atoms with van der Waals surface area (Å²) in [6.45, 7) is -3.20. The SMILES string of the molecule is O=C(Nc1cnc(OC(F)F)c(Cl)c1)c1cnn(-c2cccc3c(=O)[nH]ccc23)c1C(F)(F)F. The molecule has 2 N–H and O–H groups in total. The Morgan fingerprint density at radius 3 is 2.62 bits per heavy atom. The number of halogens is 6. The van der Waals surface area contributed by atoms with Gasteiger partial charge >= 0.3 is 12.8 Å². The number of fused-ring (bicyclic) bond motifs is 1. The van der Waals surface area contributed by atoms with Crippen LogP contribution in [-0.2, 0) is 6.18 Å². The molecule has 4 aromatic rings. The highest BCUT2D eigenvalue weighted by molar-refractivity contribution is 6.32. The number of hydrogen-bond donors (Lipinski definition) is 2. The van der Waals surface area contributed by atoms with Crippen LogP contribution in [0.3, 0.4) is 0 Å². The summed E-state index contributed by atoms with van der Waals surface area (Å²) in [5.74, 6) is -1.83. The summed E-state index contributed by atoms with van der Waals surface area (Å²) in [7, 11) is 0. The van der Waals surface area contributed by atoms with Crippen LogP contribution in [-0.4, -0.2) is 32.3 Å². The molecule has 8 nitrogen and oxygen atoms in total. The van der Waals surface area contributed by atoms with E-state index in [1.807, 2.05) is 0 Å². The normalized spacial score (nSPS) is 11.7. The van der Waals surface area contributed by atoms with E-state index in [1.165, 1.54) is 30.5 Å². The average Bonchev–Trinajstić information content (AvgIpc) is 3.21. The quantitative estimate of drug-likeness (QED) is 0.390. The molecule has 0 saturated heterocycles. The maximum Gasteiger partial charge on any atom is 0.434 e. The third-order valence-corrected chi connectivity index (χ3v) is 4.84. The highest BCUT2D eigenvalue weighted by Crippen LogP contribution is 2.35. The van der Waals surface area contributed by atoms with Crippen LogP contribution in [0.4, 0.5) is 27.6 Å². The Labute approximate surface area is 190 Å². The first-order valence-electron chi connectivity index (χ1n) is 9.24. The molecule has 0 fully saturated rings. The largest absolute Gasteiger partial charge is 0.434 e. The van der Waals surface area contributed by atoms with E-state index < -0.39 is 46.4 Å². The molecule has 1 aromatic carbocycles. The van der Waals surface area contributed by atoms with Gasteiger partial charge in [0.1, 0.15) is 5.02 Å². The van der Waals surface area contributed by atoms with Gasteiger partial charge in [-0.05, 0) is 24.3 Å². The summed E-state index contributed by atoms with van der Waals surface area (Å²) >= 11 is 5.76. The number of carbonyl (C=O) groups excluding carboxylic acids is 1. The lowest BCUT2D eigenvalue weighted by atomic mass is 10.1. The predicted octanol–water partition coefficient (Wildman–Crippen LogP) is 4.63. The number of amides is 1. The Morgan fingerprint density at radius 1 is 1.18 bits per heavy atom. The van der Waals surface area contributed by atoms with E-state index in [2.05, 4.69) is 25.1 Å². The molecule has 1 amide bonds. The van der Waals surface area contributed by atoms with Crippen molar-refractivity contribution in [2.45, 2.75) is 12.8 Å². The zero-order valence-corrected chi connectivity index (χ0v) is 17.3. The van der Waals surface area contributed by atoms with Crippen molar-refractivity contribution in [3.8, 4) is 11.6 Å². The van der Waals surface area contributed by atoms with Gasteiger partial charge in [-0.1, -0.05) is 17.7 Å². The monoisotopic (exact) mass is 499 g/mol. The molecule has 3 heterocycles. The van der Waals surface area contributed by atoms with Gasteiger partial charge in [-0.15, -0.1) is 0 Å². The summed E-state index contributed by atoms with van der Waals surface area (Å²) in [6, 6.07) is 6.52. The maximum absolute atomic E-state index is 14.0. The first-order valence-corrected chi connectivity index (χ1v) is 9.62. The molecule has 176 valence electrons. The highest BCUT2D eigenvalue weighted by Gasteiger charge is 2.41. The Kier molecular flexibility index (Phi) is 5.96. The number of aromatic nitrogens is 4. The molecule has 0 atom stereocenters. The number of rotatable bonds is 5. The van der Waals surface area contributed by atoms with Crippen molar-refractivity contribution in [3.63, 3.8) is 0 Å². The maximum atomic E-state index is 14.0. The van der Waals surface area contributed by atoms with Crippen molar-refractivity contribution in [2.75, 3.05) is 5.32 Å². The van der Waals surface area contributed by atoms with Gasteiger partial charge in [0, 0.05) is 17.0 Å². The topological polar surface area (TPSA) is 102 Å². The van der Waals surface area contributed by atoms with Crippen molar-refractivity contribution < 1.29 is 31.5 Å². The first kappa shape index (κ1) is 23.2. The number of hydrogen-bond acceptors (Lipinski definition) is 5. The molecular weight excluding hydrogens is 489 g/mol. The Bertz CT molecular complexity index is 1450. The molecule has 0 aliphatic carbocycles. The van der Waals surface area contributed by atoms with E-state index >= 15 is 0 Å². The molecule has 0 aliphatic heterocycles. The second-order valence-electron chi connectivity index (χ2n) is 6.71. The minimum atomic E-state index is -5.02. The van der Waals surface area contributed by atoms with E-state index in [-0.39, 0.29) is 22.1 Å². The fourth-order valence-electron chi connectivity index (χ4n) is 3.22. The number of carbonyl (C=O) groups is 1. The van der Waals surface area contributed by atoms with Crippen molar-refractivity contribution in [3.05, 3.63) is 75.6 Å². The van der Waals surface area contributed by atoms with E-state index in [1.54, 1.807) is 0 Å². The van der Waals surface area contributed by atoms with Gasteiger partial charge in [0.2, 0.25) is 5.88 Å². The van der Waals surface area contributed by atoms with Crippen LogP contribution in [0.1, 0.15) is 16.1 Å². The zero-order chi connectivity index (χ0) is 24.6. The van der Waals surface area contributed by atoms with Crippen LogP contribution in [0.2, 0.25) is 5.02 Å². The molecule has 0 spiro atoms. The lowest BCUT2D eigenvalue weighted by molar-refractivity contribution is -0.143. The molecule has 0 bridgehead atoms. The number of ether oxygens (including phenoxy) is 1. The van der Waals surface area contributed by atoms with Gasteiger partial charge < -0.3 is 15.0 Å². The van der Waals surface area contributed by atoms with Crippen molar-refractivity contribution in [1.29, 1.82) is 0 Å². The van der Waals surface area contributed by atoms with Crippen molar-refractivity contribution in [1.82, 2.24) is 19.7 Å². The molecule has 0 unspecified atom stereocenters. The van der Waals surface area contributed by atoms with E-state index in [4.69, 9.17) is 11.6 Å². The van der Waals surface area contributed by atoms with E-state index in [9.17, 15) is 31.5 Å². The standard InChI is InChI=1S/C20H11ClF5N5O3/c21-13-6-9(7-28-18(13)34-19(22)23)30-17(33)12-8-29-31(15(12)20(24,25)26)14-3-1-2-11-10(14)4-5-27-16(11)32/h1-8,19H,(H,27,32)(H,30,33). The minimum Gasteiger partial charge on any atom is -0.415 e. The van der Waals surface area contributed by atoms with Crippen LogP contribution in [0.15, 0.2) is 53.7 Å². The summed E-state index contributed by atoms with van der Waals surface area (Å²) in [4.78, 5) is 30.6. The van der Waals surface area contributed by atoms with Crippen LogP contribution in [0, 0.1) is 0 Å². The fraction of sp³-hybridized carbons (Fsp3) is 0.100. The summed E-state index contributed by atoms with van der Waals surface area (Å²) < 4.78 is 71.3. The number of benzene rings is 1. The third kappa shape index (κ3) is 4.41. The Balaban J connectivity index is 1.75. The molecule has 0 radical (unpaired) electrons. The minimum absolute atomic E-state index is 0.0758. The molecule has 0 saturated carbocycles. The number of H-pyrrole nitrogens is 1. The number of alkyl halides is 5. The molecule has 4 rings (SSSR count). The fourth-order valence-corrected chi connectivity index (χ4v) is 3.43. The summed E-state index contributed by atoms with van der Waals surface area (Å²) in [6.07, 6.45) is -2.14. The van der Waals surface area contributed by atoms with Crippen molar-refractivity contribution >= 4 is 34.0 Å². The van der Waals surface area contributed by atoms with Gasteiger partial charge in [-0.2, -0.15) is 27.1 Å². The zero-order valence-electron chi connectivity index (χ0n) is 16.5. The number of anilines is 1. The average molecular weight is 500 g/mol. The lowest BCUT2D eigenvalue weighted by Crippen LogP contribution is -2.21. The number of nitrogens with one attached hydrogen (secondary N) is 2. The third-order valence-electron chi connectivity index (χ3n) is 4.57. The van der Waals surface area contributed by atoms with Gasteiger partial charge in [0.15, 0.2) is 5.69 Å². The van der Waals surface area contributed by atoms with Gasteiger partial charge in [0.05, 0.1) is 29.3 Å². The van der Waals surface area contributed by atoms with Crippen molar-refractivity contribution in [2.24, 2.45) is 0 Å². The molecule has 0 aliphatic rings. The summed E-state index contributed by atoms with van der Waals surface area (Å²) in [5.41, 5.74) is -2.99. The molecule has 3 aromatic heterocycles. The molecular formula is C20H11ClF5N5O3. The second kappa shape index (κ2) is 8.74. The Morgan fingerprint density at radius 2 is 1.94 bits per heavy atom. The number of nitrogens with zero attached hydrogens (tertiary/aromatic N) is 3. The molecule has 14 heteroatoms. The first-order chi connectivity index (χ1) is 16.1. The van der Waals surface area contributed by atoms with E-state index in [0.29, 0.717) is 10.9 Å². The number of aromatic amines is 1. The van der Waals surface area contributed by atoms with Crippen LogP contribution in [0.25, 0.3) is 16.5 Å². The number of pyridine rings is 2.